The van der Waals surface area contributed by atoms with Crippen LogP contribution < -0.4 is 0 Å². The molecule has 0 atom stereocenters. The number of para-hydroxylation sites is 1. The number of carbonyl (C=O) groups excluding carboxylic acids is 1. The molecule has 2 aromatic heterocycles. The maximum Gasteiger partial charge on any atom is 0.178 e. The molecule has 1 aromatic carbocycles. The number of nitrogens with zero attached hydrogens (tertiary/aromatic N) is 3. The average molecular weight is 249 g/mol. The monoisotopic (exact) mass is 249 g/mol. The Balaban J connectivity index is 2.22. The number of hydrogen-bond donors (Lipinski definition) is 0. The highest BCUT2D eigenvalue weighted by Crippen LogP contribution is 2.21. The van der Waals surface area contributed by atoms with Crippen LogP contribution in [-0.2, 0) is 0 Å². The summed E-state index contributed by atoms with van der Waals surface area (Å²) in [6.45, 7) is 2.02. The van der Waals surface area contributed by atoms with Gasteiger partial charge in [-0.15, -0.1) is 0 Å². The van der Waals surface area contributed by atoms with Gasteiger partial charge in [-0.25, -0.2) is 15.0 Å². The van der Waals surface area contributed by atoms with Crippen molar-refractivity contribution in [1.29, 1.82) is 0 Å². The molecule has 3 rings (SSSR count). The van der Waals surface area contributed by atoms with Gasteiger partial charge in [-0.2, -0.15) is 0 Å². The maximum atomic E-state index is 10.8. The normalized spacial score (nSPS) is 10.6. The average Bonchev–Trinajstić information content (AvgIpc) is 2.47. The van der Waals surface area contributed by atoms with Gasteiger partial charge in [0, 0.05) is 11.6 Å². The summed E-state index contributed by atoms with van der Waals surface area (Å²) in [4.78, 5) is 23.6. The third-order valence-corrected chi connectivity index (χ3v) is 2.95. The Morgan fingerprint density at radius 3 is 2.79 bits per heavy atom. The number of aldehydes is 1. The van der Waals surface area contributed by atoms with E-state index in [2.05, 4.69) is 15.0 Å². The van der Waals surface area contributed by atoms with Crippen molar-refractivity contribution in [3.63, 3.8) is 0 Å². The van der Waals surface area contributed by atoms with Gasteiger partial charge < -0.3 is 0 Å². The molecule has 4 heteroatoms. The number of benzene rings is 1. The minimum Gasteiger partial charge on any atom is -0.296 e. The molecule has 0 unspecified atom stereocenters. The summed E-state index contributed by atoms with van der Waals surface area (Å²) >= 11 is 0. The minimum absolute atomic E-state index is 0.359. The van der Waals surface area contributed by atoms with Crippen LogP contribution in [0.3, 0.4) is 0 Å². The summed E-state index contributed by atoms with van der Waals surface area (Å²) in [5.74, 6) is 0.471. The molecule has 0 radical (unpaired) electrons. The second-order valence-electron chi connectivity index (χ2n) is 4.26. The third kappa shape index (κ3) is 2.08. The van der Waals surface area contributed by atoms with Gasteiger partial charge in [0.2, 0.25) is 0 Å². The van der Waals surface area contributed by atoms with E-state index in [0.29, 0.717) is 23.5 Å². The van der Waals surface area contributed by atoms with Crippen LogP contribution in [0.5, 0.6) is 0 Å². The quantitative estimate of drug-likeness (QED) is 0.655. The fraction of sp³-hybridized carbons (Fsp3) is 0.0667. The standard InChI is InChI=1S/C15H11N3O/c1-10-8-14(15-16-7-6-11(9-19)17-15)18-13-5-3-2-4-12(10)13/h2-9H,1H3. The lowest BCUT2D eigenvalue weighted by atomic mass is 10.1. The Kier molecular flexibility index (Phi) is 2.76. The van der Waals surface area contributed by atoms with Crippen LogP contribution in [0.2, 0.25) is 0 Å². The topological polar surface area (TPSA) is 55.7 Å². The van der Waals surface area contributed by atoms with Gasteiger partial charge in [0.25, 0.3) is 0 Å². The number of hydrogen-bond acceptors (Lipinski definition) is 4. The molecular formula is C15H11N3O. The first-order valence-corrected chi connectivity index (χ1v) is 5.93. The maximum absolute atomic E-state index is 10.8. The molecule has 0 amide bonds. The van der Waals surface area contributed by atoms with Crippen molar-refractivity contribution >= 4 is 17.2 Å². The summed E-state index contributed by atoms with van der Waals surface area (Å²) in [6, 6.07) is 11.4. The second-order valence-corrected chi connectivity index (χ2v) is 4.26. The molecule has 0 fully saturated rings. The second kappa shape index (κ2) is 4.57. The van der Waals surface area contributed by atoms with Gasteiger partial charge in [0.05, 0.1) is 5.52 Å². The summed E-state index contributed by atoms with van der Waals surface area (Å²) in [7, 11) is 0. The van der Waals surface area contributed by atoms with E-state index < -0.39 is 0 Å². The van der Waals surface area contributed by atoms with Gasteiger partial charge in [0.1, 0.15) is 11.4 Å². The van der Waals surface area contributed by atoms with Crippen molar-refractivity contribution in [2.45, 2.75) is 6.92 Å². The van der Waals surface area contributed by atoms with Crippen LogP contribution in [0, 0.1) is 6.92 Å². The molecule has 4 nitrogen and oxygen atoms in total. The lowest BCUT2D eigenvalue weighted by Gasteiger charge is -2.05. The summed E-state index contributed by atoms with van der Waals surface area (Å²) in [5, 5.41) is 1.11. The SMILES string of the molecule is Cc1cc(-c2nccc(C=O)n2)nc2ccccc12. The number of aromatic nitrogens is 3. The van der Waals surface area contributed by atoms with Crippen molar-refractivity contribution in [1.82, 2.24) is 15.0 Å². The number of aryl methyl sites for hydroxylation is 1. The van der Waals surface area contributed by atoms with E-state index in [1.807, 2.05) is 37.3 Å². The van der Waals surface area contributed by atoms with Crippen LogP contribution in [-0.4, -0.2) is 21.2 Å². The lowest BCUT2D eigenvalue weighted by Crippen LogP contribution is -1.96. The number of rotatable bonds is 2. The molecular weight excluding hydrogens is 238 g/mol. The zero-order chi connectivity index (χ0) is 13.2. The fourth-order valence-electron chi connectivity index (χ4n) is 2.03. The van der Waals surface area contributed by atoms with E-state index in [-0.39, 0.29) is 0 Å². The van der Waals surface area contributed by atoms with E-state index in [1.165, 1.54) is 0 Å². The Morgan fingerprint density at radius 1 is 1.11 bits per heavy atom. The minimum atomic E-state index is 0.359. The molecule has 92 valence electrons. The molecule has 0 aliphatic heterocycles. The number of fused-ring (bicyclic) bond motifs is 1. The van der Waals surface area contributed by atoms with Crippen molar-refractivity contribution in [2.75, 3.05) is 0 Å². The van der Waals surface area contributed by atoms with Crippen LogP contribution in [0.15, 0.2) is 42.6 Å². The Morgan fingerprint density at radius 2 is 1.95 bits per heavy atom. The van der Waals surface area contributed by atoms with E-state index in [4.69, 9.17) is 0 Å². The molecule has 0 saturated heterocycles. The van der Waals surface area contributed by atoms with E-state index >= 15 is 0 Å². The first-order chi connectivity index (χ1) is 9.28. The molecule has 0 spiro atoms. The van der Waals surface area contributed by atoms with Crippen LogP contribution in [0.25, 0.3) is 22.4 Å². The highest BCUT2D eigenvalue weighted by molar-refractivity contribution is 5.84. The van der Waals surface area contributed by atoms with Crippen molar-refractivity contribution in [3.05, 3.63) is 53.9 Å². The van der Waals surface area contributed by atoms with Gasteiger partial charge in [-0.3, -0.25) is 4.79 Å². The third-order valence-electron chi connectivity index (χ3n) is 2.95. The Bertz CT molecular complexity index is 768. The zero-order valence-corrected chi connectivity index (χ0v) is 10.4. The highest BCUT2D eigenvalue weighted by Gasteiger charge is 2.07. The Hall–Kier alpha value is -2.62. The zero-order valence-electron chi connectivity index (χ0n) is 10.4. The first-order valence-electron chi connectivity index (χ1n) is 5.93. The highest BCUT2D eigenvalue weighted by atomic mass is 16.1. The van der Waals surface area contributed by atoms with Gasteiger partial charge in [-0.1, -0.05) is 18.2 Å². The molecule has 2 heterocycles. The molecule has 0 aliphatic rings. The Labute approximate surface area is 110 Å². The summed E-state index contributed by atoms with van der Waals surface area (Å²) < 4.78 is 0. The van der Waals surface area contributed by atoms with Gasteiger partial charge in [-0.05, 0) is 30.7 Å². The van der Waals surface area contributed by atoms with Gasteiger partial charge in [0.15, 0.2) is 12.1 Å². The fourth-order valence-corrected chi connectivity index (χ4v) is 2.03. The predicted molar refractivity (Wildman–Crippen MR) is 72.9 cm³/mol. The van der Waals surface area contributed by atoms with Crippen molar-refractivity contribution in [2.24, 2.45) is 0 Å². The molecule has 19 heavy (non-hydrogen) atoms. The van der Waals surface area contributed by atoms with Crippen LogP contribution in [0.1, 0.15) is 16.1 Å². The van der Waals surface area contributed by atoms with Crippen LogP contribution in [0.4, 0.5) is 0 Å². The first kappa shape index (κ1) is 11.5. The summed E-state index contributed by atoms with van der Waals surface area (Å²) in [6.07, 6.45) is 2.28. The largest absolute Gasteiger partial charge is 0.296 e. The van der Waals surface area contributed by atoms with Crippen LogP contribution >= 0.6 is 0 Å². The lowest BCUT2D eigenvalue weighted by molar-refractivity contribution is 0.111. The smallest absolute Gasteiger partial charge is 0.178 e. The van der Waals surface area contributed by atoms with E-state index in [0.717, 1.165) is 16.5 Å². The molecule has 3 aromatic rings. The van der Waals surface area contributed by atoms with Crippen molar-refractivity contribution in [3.8, 4) is 11.5 Å². The molecule has 0 N–H and O–H groups in total. The number of pyridine rings is 1. The van der Waals surface area contributed by atoms with Gasteiger partial charge >= 0.3 is 0 Å². The summed E-state index contributed by atoms with van der Waals surface area (Å²) in [5.41, 5.74) is 3.05. The molecule has 0 bridgehead atoms. The molecule has 0 saturated carbocycles. The molecule has 0 aliphatic carbocycles. The predicted octanol–water partition coefficient (Wildman–Crippen LogP) is 2.81. The van der Waals surface area contributed by atoms with E-state index in [1.54, 1.807) is 12.3 Å². The van der Waals surface area contributed by atoms with Crippen molar-refractivity contribution < 1.29 is 4.79 Å². The van der Waals surface area contributed by atoms with E-state index in [9.17, 15) is 4.79 Å². The number of carbonyl (C=O) groups is 1.